The van der Waals surface area contributed by atoms with Gasteiger partial charge in [0.15, 0.2) is 0 Å². The Labute approximate surface area is 153 Å². The zero-order valence-corrected chi connectivity index (χ0v) is 14.4. The minimum absolute atomic E-state index is 0.0111. The van der Waals surface area contributed by atoms with Crippen LogP contribution in [-0.2, 0) is 4.79 Å². The van der Waals surface area contributed by atoms with Crippen LogP contribution >= 0.6 is 11.6 Å². The van der Waals surface area contributed by atoms with Crippen molar-refractivity contribution in [3.05, 3.63) is 52.4 Å². The molecule has 1 aliphatic carbocycles. The molecule has 1 aromatic carbocycles. The van der Waals surface area contributed by atoms with Gasteiger partial charge in [0.1, 0.15) is 34.0 Å². The van der Waals surface area contributed by atoms with Crippen LogP contribution in [0.3, 0.4) is 0 Å². The number of benzene rings is 1. The highest BCUT2D eigenvalue weighted by molar-refractivity contribution is 6.49. The van der Waals surface area contributed by atoms with Crippen molar-refractivity contribution in [1.82, 2.24) is 20.6 Å². The first kappa shape index (κ1) is 16.5. The summed E-state index contributed by atoms with van der Waals surface area (Å²) in [6.07, 6.45) is 1.34. The van der Waals surface area contributed by atoms with E-state index < -0.39 is 17.6 Å². The molecule has 1 fully saturated rings. The summed E-state index contributed by atoms with van der Waals surface area (Å²) < 4.78 is 0. The molecule has 0 unspecified atom stereocenters. The van der Waals surface area contributed by atoms with Gasteiger partial charge < -0.3 is 15.6 Å². The molecule has 1 amide bonds. The Balaban J connectivity index is 1.69. The van der Waals surface area contributed by atoms with E-state index in [-0.39, 0.29) is 28.0 Å². The maximum absolute atomic E-state index is 12.8. The summed E-state index contributed by atoms with van der Waals surface area (Å²) in [6.45, 7) is 0.598. The number of Topliss-reactive ketones (excluding diaryl/α,β-unsaturated/α-hetero) is 2. The van der Waals surface area contributed by atoms with Crippen molar-refractivity contribution in [2.75, 3.05) is 6.54 Å². The van der Waals surface area contributed by atoms with Crippen LogP contribution in [0, 0.1) is 0 Å². The fourth-order valence-corrected chi connectivity index (χ4v) is 3.32. The third-order valence-electron chi connectivity index (χ3n) is 4.44. The van der Waals surface area contributed by atoms with Crippen molar-refractivity contribution < 1.29 is 14.4 Å². The van der Waals surface area contributed by atoms with E-state index in [0.29, 0.717) is 18.8 Å². The smallest absolute Gasteiger partial charge is 0.242 e. The van der Waals surface area contributed by atoms with Crippen LogP contribution < -0.4 is 10.6 Å². The number of H-pyrrole nitrogens is 1. The maximum atomic E-state index is 12.8. The zero-order chi connectivity index (χ0) is 18.3. The summed E-state index contributed by atoms with van der Waals surface area (Å²) >= 11 is 6.15. The van der Waals surface area contributed by atoms with Crippen LogP contribution in [0.2, 0.25) is 0 Å². The molecule has 26 heavy (non-hydrogen) atoms. The van der Waals surface area contributed by atoms with E-state index in [4.69, 9.17) is 11.6 Å². The third kappa shape index (κ3) is 2.70. The average Bonchev–Trinajstić information content (AvgIpc) is 3.11. The number of amides is 1. The van der Waals surface area contributed by atoms with Gasteiger partial charge in [-0.25, -0.2) is 4.98 Å². The molecule has 0 spiro atoms. The standard InChI is InChI=1S/C18H15ClN4O3/c19-11-12(21-10-7-4-8-20-18(10)26)16(25)14-13(15(11)24)22-17(23-14)9-5-2-1-3-6-9/h1-3,5-6,10,21H,4,7-8H2,(H,20,26)(H,22,23)/t10-/m0/s1. The number of carbonyl (C=O) groups excluding carboxylic acids is 3. The van der Waals surface area contributed by atoms with E-state index in [2.05, 4.69) is 20.6 Å². The quantitative estimate of drug-likeness (QED) is 0.764. The van der Waals surface area contributed by atoms with Crippen LogP contribution in [0.4, 0.5) is 0 Å². The number of rotatable bonds is 3. The van der Waals surface area contributed by atoms with E-state index in [0.717, 1.165) is 12.0 Å². The van der Waals surface area contributed by atoms with Crippen molar-refractivity contribution >= 4 is 29.1 Å². The van der Waals surface area contributed by atoms with E-state index in [1.54, 1.807) is 0 Å². The van der Waals surface area contributed by atoms with Gasteiger partial charge in [-0.1, -0.05) is 41.9 Å². The largest absolute Gasteiger partial charge is 0.369 e. The lowest BCUT2D eigenvalue weighted by molar-refractivity contribution is -0.124. The van der Waals surface area contributed by atoms with Crippen molar-refractivity contribution in [3.63, 3.8) is 0 Å². The highest BCUT2D eigenvalue weighted by Crippen LogP contribution is 2.29. The normalized spacial score (nSPS) is 20.0. The van der Waals surface area contributed by atoms with Gasteiger partial charge in [0.2, 0.25) is 17.5 Å². The molecule has 2 aromatic rings. The van der Waals surface area contributed by atoms with Gasteiger partial charge in [-0.2, -0.15) is 0 Å². The molecule has 0 saturated carbocycles. The number of hydrogen-bond donors (Lipinski definition) is 3. The molecular formula is C18H15ClN4O3. The van der Waals surface area contributed by atoms with Crippen LogP contribution in [0.15, 0.2) is 41.1 Å². The second-order valence-corrected chi connectivity index (χ2v) is 6.53. The number of allylic oxidation sites excluding steroid dienone is 2. The Morgan fingerprint density at radius 1 is 1.12 bits per heavy atom. The number of aromatic amines is 1. The average molecular weight is 371 g/mol. The van der Waals surface area contributed by atoms with Gasteiger partial charge in [-0.15, -0.1) is 0 Å². The SMILES string of the molecule is O=C1C(N[C@H]2CCCNC2=O)=C(Cl)C(=O)c2[nH]c(-c3ccccc3)nc21. The second kappa shape index (κ2) is 6.42. The number of hydrogen-bond acceptors (Lipinski definition) is 5. The Morgan fingerprint density at radius 3 is 2.62 bits per heavy atom. The summed E-state index contributed by atoms with van der Waals surface area (Å²) in [5.74, 6) is -0.819. The number of ketones is 2. The number of carbonyl (C=O) groups is 3. The van der Waals surface area contributed by atoms with Crippen LogP contribution in [-0.4, -0.2) is 40.0 Å². The predicted molar refractivity (Wildman–Crippen MR) is 94.7 cm³/mol. The summed E-state index contributed by atoms with van der Waals surface area (Å²) in [4.78, 5) is 44.5. The van der Waals surface area contributed by atoms with Gasteiger partial charge in [0, 0.05) is 12.1 Å². The highest BCUT2D eigenvalue weighted by atomic mass is 35.5. The molecular weight excluding hydrogens is 356 g/mol. The lowest BCUT2D eigenvalue weighted by Crippen LogP contribution is -2.49. The molecule has 7 nitrogen and oxygen atoms in total. The molecule has 4 rings (SSSR count). The van der Waals surface area contributed by atoms with Gasteiger partial charge in [-0.05, 0) is 12.8 Å². The van der Waals surface area contributed by atoms with Crippen LogP contribution in [0.1, 0.15) is 33.8 Å². The molecule has 2 aliphatic rings. The molecule has 3 N–H and O–H groups in total. The number of fused-ring (bicyclic) bond motifs is 1. The Kier molecular flexibility index (Phi) is 4.08. The number of halogens is 1. The Bertz CT molecular complexity index is 949. The van der Waals surface area contributed by atoms with Gasteiger partial charge in [-0.3, -0.25) is 14.4 Å². The number of aromatic nitrogens is 2. The first-order valence-electron chi connectivity index (χ1n) is 8.25. The van der Waals surface area contributed by atoms with E-state index in [1.165, 1.54) is 0 Å². The molecule has 1 aliphatic heterocycles. The first-order chi connectivity index (χ1) is 12.6. The summed E-state index contributed by atoms with van der Waals surface area (Å²) in [5.41, 5.74) is 0.756. The molecule has 8 heteroatoms. The zero-order valence-electron chi connectivity index (χ0n) is 13.6. The van der Waals surface area contributed by atoms with Gasteiger partial charge >= 0.3 is 0 Å². The van der Waals surface area contributed by atoms with E-state index >= 15 is 0 Å². The minimum Gasteiger partial charge on any atom is -0.369 e. The van der Waals surface area contributed by atoms with E-state index in [1.807, 2.05) is 30.3 Å². The second-order valence-electron chi connectivity index (χ2n) is 6.15. The first-order valence-corrected chi connectivity index (χ1v) is 8.63. The lowest BCUT2D eigenvalue weighted by Gasteiger charge is -2.25. The third-order valence-corrected chi connectivity index (χ3v) is 4.80. The summed E-state index contributed by atoms with van der Waals surface area (Å²) in [7, 11) is 0. The highest BCUT2D eigenvalue weighted by Gasteiger charge is 2.37. The van der Waals surface area contributed by atoms with Crippen molar-refractivity contribution in [3.8, 4) is 11.4 Å². The fourth-order valence-electron chi connectivity index (χ4n) is 3.09. The van der Waals surface area contributed by atoms with Crippen molar-refractivity contribution in [2.45, 2.75) is 18.9 Å². The molecule has 1 saturated heterocycles. The number of imidazole rings is 1. The van der Waals surface area contributed by atoms with Crippen LogP contribution in [0.25, 0.3) is 11.4 Å². The summed E-state index contributed by atoms with van der Waals surface area (Å²) in [6, 6.07) is 8.57. The van der Waals surface area contributed by atoms with Gasteiger partial charge in [0.25, 0.3) is 0 Å². The lowest BCUT2D eigenvalue weighted by atomic mass is 10.00. The topological polar surface area (TPSA) is 104 Å². The number of piperidine rings is 1. The molecule has 0 bridgehead atoms. The van der Waals surface area contributed by atoms with Gasteiger partial charge in [0.05, 0.1) is 0 Å². The van der Waals surface area contributed by atoms with E-state index in [9.17, 15) is 14.4 Å². The molecule has 1 atom stereocenters. The molecule has 2 heterocycles. The maximum Gasteiger partial charge on any atom is 0.242 e. The monoisotopic (exact) mass is 370 g/mol. The number of nitrogens with zero attached hydrogens (tertiary/aromatic N) is 1. The number of nitrogens with one attached hydrogen (secondary N) is 3. The minimum atomic E-state index is -0.599. The Hall–Kier alpha value is -2.93. The molecule has 0 radical (unpaired) electrons. The van der Waals surface area contributed by atoms with Crippen LogP contribution in [0.5, 0.6) is 0 Å². The molecule has 132 valence electrons. The Morgan fingerprint density at radius 2 is 1.88 bits per heavy atom. The molecule has 1 aromatic heterocycles. The summed E-state index contributed by atoms with van der Waals surface area (Å²) in [5, 5.41) is 5.33. The predicted octanol–water partition coefficient (Wildman–Crippen LogP) is 1.77. The van der Waals surface area contributed by atoms with Crippen molar-refractivity contribution in [2.24, 2.45) is 0 Å². The van der Waals surface area contributed by atoms with Crippen molar-refractivity contribution in [1.29, 1.82) is 0 Å². The fraction of sp³-hybridized carbons (Fsp3) is 0.222.